The van der Waals surface area contributed by atoms with Gasteiger partial charge in [-0.2, -0.15) is 0 Å². The predicted octanol–water partition coefficient (Wildman–Crippen LogP) is -4.64. The number of rotatable bonds is 6. The largest absolute Gasteiger partial charge is 0.387 e. The summed E-state index contributed by atoms with van der Waals surface area (Å²) < 4.78 is 71.9. The minimum absolute atomic E-state index is 0.0640. The predicted molar refractivity (Wildman–Crippen MR) is 236 cm³/mol. The van der Waals surface area contributed by atoms with E-state index in [-0.39, 0.29) is 32.0 Å². The van der Waals surface area contributed by atoms with E-state index in [1.54, 1.807) is 0 Å². The van der Waals surface area contributed by atoms with Crippen LogP contribution in [0.4, 0.5) is 0 Å². The molecule has 22 aliphatic heterocycles. The third-order valence-corrected chi connectivity index (χ3v) is 16.3. The second-order valence-electron chi connectivity index (χ2n) is 16.7. The van der Waals surface area contributed by atoms with Crippen LogP contribution in [0.25, 0.3) is 0 Å². The monoisotopic (exact) mass is 1340 g/mol. The second-order valence-corrected chi connectivity index (χ2v) is 20.6. The molecule has 30 heteroatoms. The molecule has 384 valence electrons. The van der Waals surface area contributed by atoms with E-state index < -0.39 is 184 Å². The average Bonchev–Trinajstić information content (AvgIpc) is 3.31. The van der Waals surface area contributed by atoms with Crippen molar-refractivity contribution in [2.75, 3.05) is 32.0 Å². The van der Waals surface area contributed by atoms with Crippen LogP contribution in [0.3, 0.4) is 0 Å². The third-order valence-electron chi connectivity index (χ3n) is 12.5. The van der Waals surface area contributed by atoms with E-state index in [1.165, 1.54) is 0 Å². The highest BCUT2D eigenvalue weighted by molar-refractivity contribution is 9.10. The van der Waals surface area contributed by atoms with Gasteiger partial charge >= 0.3 is 0 Å². The number of halogens is 6. The molecule has 22 saturated heterocycles. The van der Waals surface area contributed by atoms with Crippen molar-refractivity contribution in [2.45, 2.75) is 184 Å². The highest BCUT2D eigenvalue weighted by Gasteiger charge is 2.58. The fourth-order valence-corrected chi connectivity index (χ4v) is 11.9. The number of aliphatic hydroxyl groups is 12. The molecule has 22 heterocycles. The van der Waals surface area contributed by atoms with Gasteiger partial charge in [0, 0.05) is 32.0 Å². The van der Waals surface area contributed by atoms with E-state index in [2.05, 4.69) is 95.6 Å². The van der Waals surface area contributed by atoms with Gasteiger partial charge in [0.1, 0.15) is 110 Å². The van der Waals surface area contributed by atoms with Crippen LogP contribution in [-0.4, -0.2) is 277 Å². The zero-order chi connectivity index (χ0) is 48.0. The van der Waals surface area contributed by atoms with E-state index in [4.69, 9.17) is 56.8 Å². The summed E-state index contributed by atoms with van der Waals surface area (Å²) >= 11 is 19.8. The fourth-order valence-electron chi connectivity index (χ4n) is 8.79. The summed E-state index contributed by atoms with van der Waals surface area (Å²) in [5, 5.41) is 136. The zero-order valence-electron chi connectivity index (χ0n) is 34.1. The lowest BCUT2D eigenvalue weighted by molar-refractivity contribution is -0.396. The SMILES string of the molecule is OC1[C@@H]2O[C@H]3OC(CBr)[C@@H](O[C@H]4OC(CBr)[C@@H](O[C@H]5OC(CBr)[C@@H](O[C@H]6OC(CBr)[C@@H](O[C@H]7OC(CBr)[C@@H](O[C@@H](OC2CBr)[C@@H]1O)C(O)[C@H]7O)C(O)[C@H]6O)C(O)[C@@H]5O)C(O)[C@@H]4O)C(O)[C@H]3O. The van der Waals surface area contributed by atoms with E-state index in [1.807, 2.05) is 0 Å². The molecule has 30 atom stereocenters. The molecule has 12 bridgehead atoms. The maximum absolute atomic E-state index is 11.4. The average molecular weight is 1350 g/mol. The first-order valence-electron chi connectivity index (χ1n) is 20.8. The maximum atomic E-state index is 11.4. The molecular formula is C36H54Br6O24. The first-order valence-corrected chi connectivity index (χ1v) is 27.5. The normalized spacial score (nSPS) is 55.4. The molecule has 0 aliphatic carbocycles. The number of aliphatic hydroxyl groups excluding tert-OH is 12. The summed E-state index contributed by atoms with van der Waals surface area (Å²) in [6, 6.07) is 0. The Balaban J connectivity index is 1.19. The Morgan fingerprint density at radius 2 is 0.318 bits per heavy atom. The molecule has 22 fully saturated rings. The number of alkyl halides is 6. The van der Waals surface area contributed by atoms with Crippen LogP contribution in [0.15, 0.2) is 0 Å². The van der Waals surface area contributed by atoms with Gasteiger partial charge in [0.15, 0.2) is 37.7 Å². The van der Waals surface area contributed by atoms with Gasteiger partial charge in [-0.25, -0.2) is 0 Å². The van der Waals surface area contributed by atoms with Crippen molar-refractivity contribution < 1.29 is 118 Å². The van der Waals surface area contributed by atoms with Gasteiger partial charge in [-0.1, -0.05) is 95.6 Å². The molecule has 0 aromatic heterocycles. The third kappa shape index (κ3) is 11.1. The minimum Gasteiger partial charge on any atom is -0.387 e. The van der Waals surface area contributed by atoms with Crippen LogP contribution >= 0.6 is 95.6 Å². The molecule has 0 saturated carbocycles. The standard InChI is InChI=1S/C36H54Br6O24/c37-1-7-25-13(43)19(49)31(55-7)62-26-8(2-38)57-33(21(51)15(26)45)64-28-10(4-40)59-35(23(53)17(28)47)66-30-12(6-42)60-36(24(54)18(30)48)65-29-11(5-41)58-34(22(52)16(29)46)63-27-9(3-39)56-32(61-25)20(50)14(27)44/h7-36,43-54H,1-6H2/t7?,8?,9?,10?,11?,12?,13?,14?,15?,16?,17?,18?,19-,20-,21-,22-,23+,24+,25-,26-,27-,28-,29-,30-,31-,32-,33-,34-,35-,36-/m1/s1. The highest BCUT2D eigenvalue weighted by Crippen LogP contribution is 2.39. The highest BCUT2D eigenvalue weighted by atomic mass is 79.9. The van der Waals surface area contributed by atoms with Gasteiger partial charge in [0.25, 0.3) is 0 Å². The Kier molecular flexibility index (Phi) is 20.3. The Bertz CT molecular complexity index is 1260. The zero-order valence-corrected chi connectivity index (χ0v) is 43.6. The summed E-state index contributed by atoms with van der Waals surface area (Å²) in [4.78, 5) is 0. The van der Waals surface area contributed by atoms with Crippen molar-refractivity contribution in [1.82, 2.24) is 0 Å². The lowest BCUT2D eigenvalue weighted by Crippen LogP contribution is -2.68. The van der Waals surface area contributed by atoms with Gasteiger partial charge in [-0.3, -0.25) is 0 Å². The molecule has 12 N–H and O–H groups in total. The molecule has 0 amide bonds. The molecule has 0 spiro atoms. The Hall–Kier alpha value is 1.92. The van der Waals surface area contributed by atoms with Crippen molar-refractivity contribution in [3.8, 4) is 0 Å². The molecule has 0 aromatic carbocycles. The Morgan fingerprint density at radius 3 is 0.424 bits per heavy atom. The summed E-state index contributed by atoms with van der Waals surface area (Å²) in [7, 11) is 0. The van der Waals surface area contributed by atoms with Crippen molar-refractivity contribution in [3.05, 3.63) is 0 Å². The van der Waals surface area contributed by atoms with Gasteiger partial charge in [-0.15, -0.1) is 0 Å². The molecule has 22 aliphatic rings. The van der Waals surface area contributed by atoms with Crippen molar-refractivity contribution in [2.24, 2.45) is 0 Å². The fraction of sp³-hybridized carbons (Fsp3) is 1.00. The molecular weight excluding hydrogens is 1300 g/mol. The van der Waals surface area contributed by atoms with E-state index in [0.717, 1.165) is 0 Å². The molecule has 66 heavy (non-hydrogen) atoms. The quantitative estimate of drug-likeness (QED) is 0.111. The van der Waals surface area contributed by atoms with Crippen LogP contribution in [-0.2, 0) is 56.8 Å². The Labute approximate surface area is 427 Å². The number of ether oxygens (including phenoxy) is 12. The van der Waals surface area contributed by atoms with E-state index in [0.29, 0.717) is 0 Å². The van der Waals surface area contributed by atoms with Crippen molar-refractivity contribution >= 4 is 95.6 Å². The van der Waals surface area contributed by atoms with Crippen LogP contribution in [0.2, 0.25) is 0 Å². The first kappa shape index (κ1) is 55.7. The van der Waals surface area contributed by atoms with Crippen molar-refractivity contribution in [1.29, 1.82) is 0 Å². The topological polar surface area (TPSA) is 354 Å². The lowest BCUT2D eigenvalue weighted by atomic mass is 9.95. The molecule has 0 radical (unpaired) electrons. The van der Waals surface area contributed by atoms with Gasteiger partial charge in [0.05, 0.1) is 36.6 Å². The van der Waals surface area contributed by atoms with Gasteiger partial charge < -0.3 is 118 Å². The van der Waals surface area contributed by atoms with Crippen LogP contribution < -0.4 is 0 Å². The smallest absolute Gasteiger partial charge is 0.187 e. The van der Waals surface area contributed by atoms with Gasteiger partial charge in [-0.05, 0) is 0 Å². The van der Waals surface area contributed by atoms with Crippen molar-refractivity contribution in [3.63, 3.8) is 0 Å². The molecule has 0 aromatic rings. The Morgan fingerprint density at radius 1 is 0.197 bits per heavy atom. The first-order chi connectivity index (χ1) is 31.4. The number of hydrogen-bond donors (Lipinski definition) is 12. The molecule has 24 nitrogen and oxygen atoms in total. The summed E-state index contributed by atoms with van der Waals surface area (Å²) in [5.74, 6) is 0. The van der Waals surface area contributed by atoms with Gasteiger partial charge in [0.2, 0.25) is 0 Å². The van der Waals surface area contributed by atoms with E-state index in [9.17, 15) is 61.3 Å². The van der Waals surface area contributed by atoms with E-state index >= 15 is 0 Å². The molecule has 12 unspecified atom stereocenters. The lowest BCUT2D eigenvalue weighted by Gasteiger charge is -2.50. The van der Waals surface area contributed by atoms with Crippen LogP contribution in [0, 0.1) is 0 Å². The van der Waals surface area contributed by atoms with Crippen LogP contribution in [0.5, 0.6) is 0 Å². The molecule has 22 rings (SSSR count). The number of hydrogen-bond acceptors (Lipinski definition) is 24. The summed E-state index contributed by atoms with van der Waals surface area (Å²) in [5.41, 5.74) is 0. The summed E-state index contributed by atoms with van der Waals surface area (Å²) in [6.07, 6.45) is -48.2. The second kappa shape index (κ2) is 24.1. The van der Waals surface area contributed by atoms with Crippen LogP contribution in [0.1, 0.15) is 0 Å². The minimum atomic E-state index is -1.90. The summed E-state index contributed by atoms with van der Waals surface area (Å²) in [6.45, 7) is 0. The maximum Gasteiger partial charge on any atom is 0.187 e.